The number of carbonyl (C=O) groups is 1. The molecule has 120 valence electrons. The fourth-order valence-electron chi connectivity index (χ4n) is 6.40. The molecule has 2 atom stereocenters. The third kappa shape index (κ3) is 2.54. The second-order valence-electron chi connectivity index (χ2n) is 8.61. The molecule has 2 unspecified atom stereocenters. The summed E-state index contributed by atoms with van der Waals surface area (Å²) in [4.78, 5) is 16.7. The minimum Gasteiger partial charge on any atom is -0.347 e. The number of hydrogen-bond acceptors (Lipinski definition) is 2. The van der Waals surface area contributed by atoms with Crippen molar-refractivity contribution in [1.82, 2.24) is 10.3 Å². The van der Waals surface area contributed by atoms with Crippen molar-refractivity contribution in [3.63, 3.8) is 0 Å². The zero-order valence-electron chi connectivity index (χ0n) is 13.4. The van der Waals surface area contributed by atoms with Crippen molar-refractivity contribution < 1.29 is 4.79 Å². The van der Waals surface area contributed by atoms with E-state index in [9.17, 15) is 4.79 Å². The van der Waals surface area contributed by atoms with E-state index in [1.807, 2.05) is 12.1 Å². The fourth-order valence-corrected chi connectivity index (χ4v) is 6.40. The van der Waals surface area contributed by atoms with Crippen LogP contribution in [0.1, 0.15) is 62.7 Å². The molecule has 1 amide bonds. The molecule has 4 bridgehead atoms. The first kappa shape index (κ1) is 15.8. The highest BCUT2D eigenvalue weighted by Crippen LogP contribution is 2.66. The maximum atomic E-state index is 12.6. The molecule has 4 heteroatoms. The van der Waals surface area contributed by atoms with Gasteiger partial charge in [-0.1, -0.05) is 13.8 Å². The van der Waals surface area contributed by atoms with Gasteiger partial charge in [0.1, 0.15) is 0 Å². The van der Waals surface area contributed by atoms with Crippen LogP contribution < -0.4 is 5.32 Å². The second kappa shape index (κ2) is 4.95. The second-order valence-corrected chi connectivity index (χ2v) is 8.61. The summed E-state index contributed by atoms with van der Waals surface area (Å²) in [7, 11) is 0. The van der Waals surface area contributed by atoms with Gasteiger partial charge in [-0.25, -0.2) is 0 Å². The van der Waals surface area contributed by atoms with Crippen LogP contribution in [0.15, 0.2) is 24.5 Å². The van der Waals surface area contributed by atoms with Crippen LogP contribution in [0, 0.1) is 16.7 Å². The van der Waals surface area contributed by atoms with Crippen LogP contribution in [0.5, 0.6) is 0 Å². The molecule has 0 saturated heterocycles. The lowest BCUT2D eigenvalue weighted by Crippen LogP contribution is -2.65. The number of pyridine rings is 1. The molecule has 4 saturated carbocycles. The Kier molecular flexibility index (Phi) is 3.56. The van der Waals surface area contributed by atoms with Gasteiger partial charge < -0.3 is 5.32 Å². The van der Waals surface area contributed by atoms with Crippen molar-refractivity contribution in [2.45, 2.75) is 57.9 Å². The molecule has 4 fully saturated rings. The summed E-state index contributed by atoms with van der Waals surface area (Å²) >= 11 is 0. The Labute approximate surface area is 138 Å². The standard InChI is InChI=1S/C18H24N2O.ClH/c1-16-6-13-7-17(2,10-16)12-18(8-13,11-16)20-15(21)14-4-3-5-19-9-14;/h3-5,9,13H,6-8,10-12H2,1-2H3,(H,20,21);1H. The first-order chi connectivity index (χ1) is 9.90. The highest BCUT2D eigenvalue weighted by Gasteiger charge is 2.60. The van der Waals surface area contributed by atoms with Crippen LogP contribution in [0.4, 0.5) is 0 Å². The van der Waals surface area contributed by atoms with Gasteiger partial charge in [-0.2, -0.15) is 0 Å². The summed E-state index contributed by atoms with van der Waals surface area (Å²) in [6.45, 7) is 4.86. The third-order valence-electron chi connectivity index (χ3n) is 5.93. The number of hydrogen-bond donors (Lipinski definition) is 1. The largest absolute Gasteiger partial charge is 0.347 e. The van der Waals surface area contributed by atoms with Crippen LogP contribution in [0.2, 0.25) is 0 Å². The van der Waals surface area contributed by atoms with Crippen LogP contribution in [-0.2, 0) is 0 Å². The molecule has 1 aromatic heterocycles. The minimum absolute atomic E-state index is 0. The van der Waals surface area contributed by atoms with E-state index in [4.69, 9.17) is 0 Å². The minimum atomic E-state index is 0. The number of rotatable bonds is 2. The quantitative estimate of drug-likeness (QED) is 0.895. The molecule has 4 aliphatic carbocycles. The van der Waals surface area contributed by atoms with Crippen molar-refractivity contribution in [3.8, 4) is 0 Å². The van der Waals surface area contributed by atoms with Gasteiger partial charge in [-0.15, -0.1) is 12.4 Å². The molecule has 1 aromatic rings. The third-order valence-corrected chi connectivity index (χ3v) is 5.93. The van der Waals surface area contributed by atoms with Gasteiger partial charge in [-0.3, -0.25) is 9.78 Å². The molecule has 0 aliphatic heterocycles. The summed E-state index contributed by atoms with van der Waals surface area (Å²) < 4.78 is 0. The maximum absolute atomic E-state index is 12.6. The van der Waals surface area contributed by atoms with Gasteiger partial charge >= 0.3 is 0 Å². The van der Waals surface area contributed by atoms with E-state index >= 15 is 0 Å². The normalized spacial score (nSPS) is 41.8. The lowest BCUT2D eigenvalue weighted by molar-refractivity contribution is -0.114. The molecular weight excluding hydrogens is 296 g/mol. The lowest BCUT2D eigenvalue weighted by atomic mass is 9.43. The van der Waals surface area contributed by atoms with E-state index in [2.05, 4.69) is 24.1 Å². The number of carbonyl (C=O) groups excluding carboxylic acids is 1. The van der Waals surface area contributed by atoms with E-state index in [1.54, 1.807) is 12.4 Å². The molecule has 0 aromatic carbocycles. The predicted octanol–water partition coefficient (Wildman–Crippen LogP) is 3.98. The van der Waals surface area contributed by atoms with E-state index in [-0.39, 0.29) is 23.9 Å². The molecule has 0 radical (unpaired) electrons. The maximum Gasteiger partial charge on any atom is 0.253 e. The molecule has 0 spiro atoms. The van der Waals surface area contributed by atoms with Crippen molar-refractivity contribution in [3.05, 3.63) is 30.1 Å². The highest BCUT2D eigenvalue weighted by molar-refractivity contribution is 5.94. The Morgan fingerprint density at radius 1 is 1.18 bits per heavy atom. The van der Waals surface area contributed by atoms with Crippen molar-refractivity contribution in [2.75, 3.05) is 0 Å². The molecule has 3 nitrogen and oxygen atoms in total. The zero-order valence-corrected chi connectivity index (χ0v) is 14.2. The first-order valence-corrected chi connectivity index (χ1v) is 8.12. The van der Waals surface area contributed by atoms with Crippen molar-refractivity contribution >= 4 is 18.3 Å². The fraction of sp³-hybridized carbons (Fsp3) is 0.667. The van der Waals surface area contributed by atoms with Gasteiger partial charge in [0.2, 0.25) is 0 Å². The summed E-state index contributed by atoms with van der Waals surface area (Å²) in [5.74, 6) is 0.850. The Morgan fingerprint density at radius 2 is 1.86 bits per heavy atom. The van der Waals surface area contributed by atoms with E-state index < -0.39 is 0 Å². The summed E-state index contributed by atoms with van der Waals surface area (Å²) in [6, 6.07) is 3.68. The van der Waals surface area contributed by atoms with Crippen molar-refractivity contribution in [1.29, 1.82) is 0 Å². The predicted molar refractivity (Wildman–Crippen MR) is 89.1 cm³/mol. The summed E-state index contributed by atoms with van der Waals surface area (Å²) in [6.07, 6.45) is 10.9. The molecular formula is C18H25ClN2O. The smallest absolute Gasteiger partial charge is 0.253 e. The molecule has 22 heavy (non-hydrogen) atoms. The van der Waals surface area contributed by atoms with Crippen LogP contribution in [0.3, 0.4) is 0 Å². The van der Waals surface area contributed by atoms with Crippen molar-refractivity contribution in [2.24, 2.45) is 16.7 Å². The lowest BCUT2D eigenvalue weighted by Gasteiger charge is -2.65. The van der Waals surface area contributed by atoms with E-state index in [0.29, 0.717) is 16.4 Å². The number of nitrogens with one attached hydrogen (secondary N) is 1. The molecule has 1 heterocycles. The number of amides is 1. The summed E-state index contributed by atoms with van der Waals surface area (Å²) in [5.41, 5.74) is 1.56. The monoisotopic (exact) mass is 320 g/mol. The highest BCUT2D eigenvalue weighted by atomic mass is 35.5. The van der Waals surface area contributed by atoms with Crippen LogP contribution in [-0.4, -0.2) is 16.4 Å². The Balaban J connectivity index is 0.00000144. The van der Waals surface area contributed by atoms with Gasteiger partial charge in [0, 0.05) is 17.9 Å². The van der Waals surface area contributed by atoms with Gasteiger partial charge in [-0.05, 0) is 67.4 Å². The summed E-state index contributed by atoms with van der Waals surface area (Å²) in [5, 5.41) is 3.41. The van der Waals surface area contributed by atoms with Crippen LogP contribution in [0.25, 0.3) is 0 Å². The number of halogens is 1. The Hall–Kier alpha value is -1.09. The van der Waals surface area contributed by atoms with Crippen LogP contribution >= 0.6 is 12.4 Å². The Morgan fingerprint density at radius 3 is 2.41 bits per heavy atom. The molecule has 1 N–H and O–H groups in total. The average molecular weight is 321 g/mol. The first-order valence-electron chi connectivity index (χ1n) is 8.12. The van der Waals surface area contributed by atoms with Gasteiger partial charge in [0.05, 0.1) is 5.56 Å². The molecule has 4 aliphatic rings. The van der Waals surface area contributed by atoms with Gasteiger partial charge in [0.15, 0.2) is 0 Å². The van der Waals surface area contributed by atoms with Gasteiger partial charge in [0.25, 0.3) is 5.91 Å². The topological polar surface area (TPSA) is 42.0 Å². The zero-order chi connectivity index (χ0) is 14.7. The Bertz CT molecular complexity index is 570. The number of nitrogens with zero attached hydrogens (tertiary/aromatic N) is 1. The molecule has 5 rings (SSSR count). The number of aromatic nitrogens is 1. The SMILES string of the molecule is CC12CC3CC(C)(C1)CC(NC(=O)c1cccnc1)(C3)C2.Cl. The van der Waals surface area contributed by atoms with E-state index in [0.717, 1.165) is 18.8 Å². The van der Waals surface area contributed by atoms with E-state index in [1.165, 1.54) is 25.7 Å². The average Bonchev–Trinajstić information content (AvgIpc) is 2.34.